The number of methoxy groups -OCH3 is 1. The zero-order valence-corrected chi connectivity index (χ0v) is 14.2. The average Bonchev–Trinajstić information content (AvgIpc) is 2.56. The van der Waals surface area contributed by atoms with E-state index in [-0.39, 0.29) is 6.61 Å². The summed E-state index contributed by atoms with van der Waals surface area (Å²) in [4.78, 5) is 23.8. The van der Waals surface area contributed by atoms with Crippen LogP contribution < -0.4 is 5.32 Å². The van der Waals surface area contributed by atoms with Gasteiger partial charge in [0.25, 0.3) is 5.91 Å². The lowest BCUT2D eigenvalue weighted by atomic mass is 10.1. The fourth-order valence-corrected chi connectivity index (χ4v) is 2.30. The standard InChI is InChI=1S/C18H18ClNO4/c1-12-9-15(19)7-8-16(12)20-17(21)11-24-18(22)14-5-3-13(4-6-14)10-23-2/h3-9H,10-11H2,1-2H3,(H,20,21). The van der Waals surface area contributed by atoms with Gasteiger partial charge in [-0.25, -0.2) is 4.79 Å². The molecular weight excluding hydrogens is 330 g/mol. The monoisotopic (exact) mass is 347 g/mol. The van der Waals surface area contributed by atoms with Crippen molar-refractivity contribution in [2.45, 2.75) is 13.5 Å². The summed E-state index contributed by atoms with van der Waals surface area (Å²) in [5.41, 5.74) is 2.79. The molecule has 24 heavy (non-hydrogen) atoms. The number of carbonyl (C=O) groups excluding carboxylic acids is 2. The molecule has 0 bridgehead atoms. The molecule has 126 valence electrons. The smallest absolute Gasteiger partial charge is 0.338 e. The van der Waals surface area contributed by atoms with Crippen LogP contribution in [0.15, 0.2) is 42.5 Å². The van der Waals surface area contributed by atoms with Gasteiger partial charge in [0, 0.05) is 17.8 Å². The van der Waals surface area contributed by atoms with Crippen molar-refractivity contribution in [3.63, 3.8) is 0 Å². The van der Waals surface area contributed by atoms with Crippen molar-refractivity contribution < 1.29 is 19.1 Å². The van der Waals surface area contributed by atoms with Crippen LogP contribution in [0.2, 0.25) is 5.02 Å². The average molecular weight is 348 g/mol. The molecule has 0 spiro atoms. The molecule has 0 aliphatic carbocycles. The predicted molar refractivity (Wildman–Crippen MR) is 92.3 cm³/mol. The molecule has 0 unspecified atom stereocenters. The molecule has 0 heterocycles. The van der Waals surface area contributed by atoms with E-state index in [0.717, 1.165) is 11.1 Å². The van der Waals surface area contributed by atoms with Gasteiger partial charge in [-0.2, -0.15) is 0 Å². The highest BCUT2D eigenvalue weighted by Crippen LogP contribution is 2.19. The molecule has 0 saturated heterocycles. The molecule has 0 saturated carbocycles. The van der Waals surface area contributed by atoms with E-state index < -0.39 is 11.9 Å². The van der Waals surface area contributed by atoms with E-state index in [0.29, 0.717) is 22.9 Å². The highest BCUT2D eigenvalue weighted by Gasteiger charge is 2.11. The molecule has 2 aromatic rings. The third-order valence-electron chi connectivity index (χ3n) is 3.30. The SMILES string of the molecule is COCc1ccc(C(=O)OCC(=O)Nc2ccc(Cl)cc2C)cc1. The second kappa shape index (κ2) is 8.47. The first-order chi connectivity index (χ1) is 11.5. The Labute approximate surface area is 145 Å². The third-order valence-corrected chi connectivity index (χ3v) is 3.53. The second-order valence-corrected chi connectivity index (χ2v) is 5.65. The predicted octanol–water partition coefficient (Wildman–Crippen LogP) is 3.59. The van der Waals surface area contributed by atoms with E-state index in [9.17, 15) is 9.59 Å². The molecule has 1 N–H and O–H groups in total. The maximum absolute atomic E-state index is 11.9. The Balaban J connectivity index is 1.87. The minimum Gasteiger partial charge on any atom is -0.452 e. The summed E-state index contributed by atoms with van der Waals surface area (Å²) in [6.45, 7) is 1.94. The maximum atomic E-state index is 11.9. The van der Waals surface area contributed by atoms with Gasteiger partial charge in [-0.15, -0.1) is 0 Å². The molecular formula is C18H18ClNO4. The van der Waals surface area contributed by atoms with Crippen LogP contribution in [0, 0.1) is 6.92 Å². The molecule has 0 radical (unpaired) electrons. The van der Waals surface area contributed by atoms with Crippen molar-refractivity contribution in [3.8, 4) is 0 Å². The number of halogens is 1. The largest absolute Gasteiger partial charge is 0.452 e. The van der Waals surface area contributed by atoms with Gasteiger partial charge in [0.1, 0.15) is 0 Å². The maximum Gasteiger partial charge on any atom is 0.338 e. The van der Waals surface area contributed by atoms with Gasteiger partial charge in [-0.1, -0.05) is 23.7 Å². The molecule has 0 aromatic heterocycles. The van der Waals surface area contributed by atoms with Gasteiger partial charge in [0.05, 0.1) is 12.2 Å². The van der Waals surface area contributed by atoms with Crippen LogP contribution >= 0.6 is 11.6 Å². The number of carbonyl (C=O) groups is 2. The molecule has 1 amide bonds. The first-order valence-electron chi connectivity index (χ1n) is 7.30. The molecule has 2 aromatic carbocycles. The number of anilines is 1. The highest BCUT2D eigenvalue weighted by atomic mass is 35.5. The number of hydrogen-bond acceptors (Lipinski definition) is 4. The van der Waals surface area contributed by atoms with Gasteiger partial charge in [0.15, 0.2) is 6.61 Å². The van der Waals surface area contributed by atoms with E-state index in [1.165, 1.54) is 0 Å². The summed E-state index contributed by atoms with van der Waals surface area (Å²) in [5.74, 6) is -0.966. The summed E-state index contributed by atoms with van der Waals surface area (Å²) in [5, 5.41) is 3.27. The fraction of sp³-hybridized carbons (Fsp3) is 0.222. The molecule has 0 fully saturated rings. The van der Waals surface area contributed by atoms with Crippen molar-refractivity contribution in [2.75, 3.05) is 19.0 Å². The van der Waals surface area contributed by atoms with E-state index in [1.807, 2.05) is 6.92 Å². The van der Waals surface area contributed by atoms with Crippen LogP contribution in [0.4, 0.5) is 5.69 Å². The van der Waals surface area contributed by atoms with Crippen LogP contribution in [0.5, 0.6) is 0 Å². The Hall–Kier alpha value is -2.37. The summed E-state index contributed by atoms with van der Waals surface area (Å²) < 4.78 is 10.0. The van der Waals surface area contributed by atoms with Gasteiger partial charge < -0.3 is 14.8 Å². The Bertz CT molecular complexity index is 728. The lowest BCUT2D eigenvalue weighted by molar-refractivity contribution is -0.119. The molecule has 2 rings (SSSR count). The topological polar surface area (TPSA) is 64.6 Å². The van der Waals surface area contributed by atoms with Crippen LogP contribution in [0.1, 0.15) is 21.5 Å². The lowest BCUT2D eigenvalue weighted by Gasteiger charge is -2.09. The minimum atomic E-state index is -0.554. The van der Waals surface area contributed by atoms with Crippen molar-refractivity contribution in [2.24, 2.45) is 0 Å². The van der Waals surface area contributed by atoms with Gasteiger partial charge in [0.2, 0.25) is 0 Å². The van der Waals surface area contributed by atoms with E-state index >= 15 is 0 Å². The van der Waals surface area contributed by atoms with Crippen LogP contribution in [-0.4, -0.2) is 25.6 Å². The third kappa shape index (κ3) is 5.08. The van der Waals surface area contributed by atoms with Crippen LogP contribution in [0.3, 0.4) is 0 Å². The Morgan fingerprint density at radius 1 is 1.12 bits per heavy atom. The zero-order valence-electron chi connectivity index (χ0n) is 13.5. The molecule has 0 aliphatic heterocycles. The summed E-state index contributed by atoms with van der Waals surface area (Å²) in [6.07, 6.45) is 0. The number of aryl methyl sites for hydroxylation is 1. The van der Waals surface area contributed by atoms with E-state index in [1.54, 1.807) is 49.6 Å². The Morgan fingerprint density at radius 2 is 1.83 bits per heavy atom. The Morgan fingerprint density at radius 3 is 2.46 bits per heavy atom. The van der Waals surface area contributed by atoms with Crippen LogP contribution in [-0.2, 0) is 20.9 Å². The Kier molecular flexibility index (Phi) is 6.35. The van der Waals surface area contributed by atoms with Crippen molar-refractivity contribution in [3.05, 3.63) is 64.2 Å². The highest BCUT2D eigenvalue weighted by molar-refractivity contribution is 6.30. The minimum absolute atomic E-state index is 0.360. The van der Waals surface area contributed by atoms with Gasteiger partial charge >= 0.3 is 5.97 Å². The number of esters is 1. The first kappa shape index (κ1) is 18.0. The number of rotatable bonds is 6. The number of ether oxygens (including phenoxy) is 2. The molecule has 6 heteroatoms. The van der Waals surface area contributed by atoms with Crippen molar-refractivity contribution in [1.29, 1.82) is 0 Å². The van der Waals surface area contributed by atoms with Crippen molar-refractivity contribution in [1.82, 2.24) is 0 Å². The molecule has 0 atom stereocenters. The molecule has 0 aliphatic rings. The second-order valence-electron chi connectivity index (χ2n) is 5.21. The van der Waals surface area contributed by atoms with E-state index in [2.05, 4.69) is 5.32 Å². The summed E-state index contributed by atoms with van der Waals surface area (Å²) >= 11 is 5.86. The van der Waals surface area contributed by atoms with Gasteiger partial charge in [-0.3, -0.25) is 4.79 Å². The number of hydrogen-bond donors (Lipinski definition) is 1. The lowest BCUT2D eigenvalue weighted by Crippen LogP contribution is -2.21. The zero-order chi connectivity index (χ0) is 17.5. The normalized spacial score (nSPS) is 10.3. The van der Waals surface area contributed by atoms with Crippen LogP contribution in [0.25, 0.3) is 0 Å². The fourth-order valence-electron chi connectivity index (χ4n) is 2.07. The van der Waals surface area contributed by atoms with Crippen molar-refractivity contribution >= 4 is 29.2 Å². The number of nitrogens with one attached hydrogen (secondary N) is 1. The van der Waals surface area contributed by atoms with Gasteiger partial charge in [-0.05, 0) is 48.4 Å². The first-order valence-corrected chi connectivity index (χ1v) is 7.68. The quantitative estimate of drug-likeness (QED) is 0.811. The summed E-state index contributed by atoms with van der Waals surface area (Å²) in [6, 6.07) is 11.9. The summed E-state index contributed by atoms with van der Waals surface area (Å²) in [7, 11) is 1.60. The molecule has 5 nitrogen and oxygen atoms in total. The number of benzene rings is 2. The number of amides is 1. The van der Waals surface area contributed by atoms with E-state index in [4.69, 9.17) is 21.1 Å².